The molecular formula is C15H15N3O7S2. The van der Waals surface area contributed by atoms with Crippen molar-refractivity contribution in [2.45, 2.75) is 9.79 Å². The SMILES string of the molecule is NS(=O)(=O)c1cccc(S(=O)(=O)NNC(=O)c2ccc3c(c2)OCCO3)c1. The minimum atomic E-state index is -4.22. The maximum atomic E-state index is 12.3. The Morgan fingerprint density at radius 2 is 1.59 bits per heavy atom. The van der Waals surface area contributed by atoms with Gasteiger partial charge in [-0.3, -0.25) is 10.2 Å². The fourth-order valence-corrected chi connectivity index (χ4v) is 3.77. The van der Waals surface area contributed by atoms with Crippen molar-refractivity contribution in [3.05, 3.63) is 48.0 Å². The van der Waals surface area contributed by atoms with E-state index in [1.165, 1.54) is 24.3 Å². The number of rotatable bonds is 5. The van der Waals surface area contributed by atoms with Crippen LogP contribution >= 0.6 is 0 Å². The molecule has 144 valence electrons. The maximum absolute atomic E-state index is 12.3. The van der Waals surface area contributed by atoms with E-state index in [-0.39, 0.29) is 15.4 Å². The molecule has 1 aliphatic rings. The molecule has 0 atom stereocenters. The Morgan fingerprint density at radius 3 is 2.30 bits per heavy atom. The van der Waals surface area contributed by atoms with Crippen LogP contribution in [0.4, 0.5) is 0 Å². The number of nitrogens with one attached hydrogen (secondary N) is 2. The van der Waals surface area contributed by atoms with Gasteiger partial charge in [0.1, 0.15) is 13.2 Å². The van der Waals surface area contributed by atoms with Gasteiger partial charge < -0.3 is 9.47 Å². The van der Waals surface area contributed by atoms with Crippen LogP contribution in [0.2, 0.25) is 0 Å². The summed E-state index contributed by atoms with van der Waals surface area (Å²) in [5.74, 6) is 0.119. The molecule has 4 N–H and O–H groups in total. The molecule has 0 unspecified atom stereocenters. The summed E-state index contributed by atoms with van der Waals surface area (Å²) in [6, 6.07) is 8.81. The van der Waals surface area contributed by atoms with E-state index in [9.17, 15) is 21.6 Å². The van der Waals surface area contributed by atoms with E-state index in [4.69, 9.17) is 14.6 Å². The fourth-order valence-electron chi connectivity index (χ4n) is 2.25. The highest BCUT2D eigenvalue weighted by Crippen LogP contribution is 2.30. The topological polar surface area (TPSA) is 154 Å². The van der Waals surface area contributed by atoms with Crippen molar-refractivity contribution in [2.75, 3.05) is 13.2 Å². The lowest BCUT2D eigenvalue weighted by atomic mass is 10.2. The van der Waals surface area contributed by atoms with Crippen molar-refractivity contribution in [2.24, 2.45) is 5.14 Å². The van der Waals surface area contributed by atoms with Crippen LogP contribution in [-0.4, -0.2) is 36.0 Å². The van der Waals surface area contributed by atoms with Crippen LogP contribution in [0.1, 0.15) is 10.4 Å². The van der Waals surface area contributed by atoms with Crippen molar-refractivity contribution >= 4 is 26.0 Å². The number of hydrogen-bond donors (Lipinski definition) is 3. The van der Waals surface area contributed by atoms with E-state index in [1.54, 1.807) is 0 Å². The largest absolute Gasteiger partial charge is 0.486 e. The molecule has 2 aromatic carbocycles. The zero-order valence-electron chi connectivity index (χ0n) is 13.7. The summed E-state index contributed by atoms with van der Waals surface area (Å²) < 4.78 is 58.0. The van der Waals surface area contributed by atoms with Crippen molar-refractivity contribution in [3.63, 3.8) is 0 Å². The number of ether oxygens (including phenoxy) is 2. The number of nitrogens with two attached hydrogens (primary N) is 1. The smallest absolute Gasteiger partial charge is 0.266 e. The molecule has 0 saturated heterocycles. The first kappa shape index (κ1) is 19.1. The molecule has 10 nitrogen and oxygen atoms in total. The molecule has 1 amide bonds. The minimum absolute atomic E-state index is 0.139. The number of benzene rings is 2. The number of carbonyl (C=O) groups excluding carboxylic acids is 1. The zero-order valence-corrected chi connectivity index (χ0v) is 15.3. The van der Waals surface area contributed by atoms with Crippen molar-refractivity contribution in [3.8, 4) is 11.5 Å². The van der Waals surface area contributed by atoms with Crippen molar-refractivity contribution < 1.29 is 31.1 Å². The van der Waals surface area contributed by atoms with Crippen LogP contribution < -0.4 is 24.9 Å². The van der Waals surface area contributed by atoms with Crippen LogP contribution in [0.15, 0.2) is 52.3 Å². The third kappa shape index (κ3) is 4.36. The average Bonchev–Trinajstić information content (AvgIpc) is 2.65. The van der Waals surface area contributed by atoms with Gasteiger partial charge in [-0.1, -0.05) is 6.07 Å². The summed E-state index contributed by atoms with van der Waals surface area (Å²) in [6.07, 6.45) is 0. The lowest BCUT2D eigenvalue weighted by Gasteiger charge is -2.18. The molecule has 1 aliphatic heterocycles. The van der Waals surface area contributed by atoms with E-state index in [1.807, 2.05) is 10.3 Å². The van der Waals surface area contributed by atoms with Gasteiger partial charge in [0.05, 0.1) is 9.79 Å². The van der Waals surface area contributed by atoms with E-state index in [2.05, 4.69) is 0 Å². The summed E-state index contributed by atoms with van der Waals surface area (Å²) in [4.78, 5) is 13.3. The Balaban J connectivity index is 1.75. The molecule has 0 saturated carbocycles. The number of hydrogen-bond acceptors (Lipinski definition) is 7. The summed E-state index contributed by atoms with van der Waals surface area (Å²) in [7, 11) is -8.30. The lowest BCUT2D eigenvalue weighted by Crippen LogP contribution is -2.41. The monoisotopic (exact) mass is 413 g/mol. The minimum Gasteiger partial charge on any atom is -0.486 e. The second kappa shape index (κ2) is 7.15. The highest BCUT2D eigenvalue weighted by Gasteiger charge is 2.20. The van der Waals surface area contributed by atoms with Crippen LogP contribution in [-0.2, 0) is 20.0 Å². The number of amides is 1. The Kier molecular flexibility index (Phi) is 5.06. The van der Waals surface area contributed by atoms with Gasteiger partial charge >= 0.3 is 0 Å². The maximum Gasteiger partial charge on any atom is 0.266 e. The molecule has 0 aliphatic carbocycles. The molecule has 1 heterocycles. The van der Waals surface area contributed by atoms with Crippen LogP contribution in [0.5, 0.6) is 11.5 Å². The van der Waals surface area contributed by atoms with Gasteiger partial charge in [0.25, 0.3) is 15.9 Å². The quantitative estimate of drug-likeness (QED) is 0.570. The van der Waals surface area contributed by atoms with E-state index in [0.717, 1.165) is 18.2 Å². The van der Waals surface area contributed by atoms with Gasteiger partial charge in [-0.05, 0) is 36.4 Å². The standard InChI is InChI=1S/C15H15N3O7S2/c16-26(20,21)11-2-1-3-12(9-11)27(22,23)18-17-15(19)10-4-5-13-14(8-10)25-7-6-24-13/h1-5,8-9,18H,6-7H2,(H,17,19)(H2,16,20,21). The number of primary sulfonamides is 1. The van der Waals surface area contributed by atoms with E-state index < -0.39 is 26.0 Å². The Hall–Kier alpha value is -2.67. The van der Waals surface area contributed by atoms with E-state index in [0.29, 0.717) is 24.7 Å². The van der Waals surface area contributed by atoms with Gasteiger partial charge in [-0.25, -0.2) is 22.0 Å². The zero-order chi connectivity index (χ0) is 19.7. The summed E-state index contributed by atoms with van der Waals surface area (Å²) >= 11 is 0. The third-order valence-electron chi connectivity index (χ3n) is 3.55. The number of fused-ring (bicyclic) bond motifs is 1. The summed E-state index contributed by atoms with van der Waals surface area (Å²) in [5.41, 5.74) is 2.19. The normalized spacial score (nSPS) is 13.8. The van der Waals surface area contributed by atoms with Crippen molar-refractivity contribution in [1.82, 2.24) is 10.3 Å². The number of carbonyl (C=O) groups is 1. The third-order valence-corrected chi connectivity index (χ3v) is 5.70. The molecule has 27 heavy (non-hydrogen) atoms. The lowest BCUT2D eigenvalue weighted by molar-refractivity contribution is 0.0944. The van der Waals surface area contributed by atoms with Crippen LogP contribution in [0.25, 0.3) is 0 Å². The molecule has 12 heteroatoms. The summed E-state index contributed by atoms with van der Waals surface area (Å²) in [6.45, 7) is 0.737. The highest BCUT2D eigenvalue weighted by atomic mass is 32.2. The number of hydrazine groups is 1. The first-order valence-electron chi connectivity index (χ1n) is 7.51. The first-order valence-corrected chi connectivity index (χ1v) is 10.5. The van der Waals surface area contributed by atoms with Gasteiger partial charge in [0, 0.05) is 5.56 Å². The predicted octanol–water partition coefficient (Wildman–Crippen LogP) is -0.272. The molecular weight excluding hydrogens is 398 g/mol. The molecule has 2 aromatic rings. The average molecular weight is 413 g/mol. The summed E-state index contributed by atoms with van der Waals surface area (Å²) in [5, 5.41) is 4.99. The Bertz CT molecular complexity index is 1100. The molecule has 0 aromatic heterocycles. The molecule has 0 bridgehead atoms. The Morgan fingerprint density at radius 1 is 0.926 bits per heavy atom. The van der Waals surface area contributed by atoms with Gasteiger partial charge in [-0.15, -0.1) is 4.83 Å². The Labute approximate surface area is 155 Å². The molecule has 0 radical (unpaired) electrons. The van der Waals surface area contributed by atoms with Crippen molar-refractivity contribution in [1.29, 1.82) is 0 Å². The molecule has 3 rings (SSSR count). The van der Waals surface area contributed by atoms with E-state index >= 15 is 0 Å². The number of sulfonamides is 2. The fraction of sp³-hybridized carbons (Fsp3) is 0.133. The van der Waals surface area contributed by atoms with Gasteiger partial charge in [-0.2, -0.15) is 0 Å². The van der Waals surface area contributed by atoms with Gasteiger partial charge in [0.2, 0.25) is 10.0 Å². The first-order chi connectivity index (χ1) is 12.7. The molecule has 0 fully saturated rings. The van der Waals surface area contributed by atoms with Gasteiger partial charge in [0.15, 0.2) is 11.5 Å². The van der Waals surface area contributed by atoms with Crippen LogP contribution in [0.3, 0.4) is 0 Å². The predicted molar refractivity (Wildman–Crippen MR) is 93.0 cm³/mol. The second-order valence-electron chi connectivity index (χ2n) is 5.44. The second-order valence-corrected chi connectivity index (χ2v) is 8.68. The van der Waals surface area contributed by atoms with Crippen LogP contribution in [0, 0.1) is 0 Å². The highest BCUT2D eigenvalue weighted by molar-refractivity contribution is 7.90. The molecule has 0 spiro atoms.